The number of rotatable bonds is 6. The largest absolute Gasteiger partial charge is 0.383 e. The van der Waals surface area contributed by atoms with Gasteiger partial charge in [0.05, 0.1) is 31.7 Å². The van der Waals surface area contributed by atoms with Crippen molar-refractivity contribution in [2.24, 2.45) is 0 Å². The first kappa shape index (κ1) is 10.7. The van der Waals surface area contributed by atoms with Crippen LogP contribution in [0.2, 0.25) is 0 Å². The van der Waals surface area contributed by atoms with Gasteiger partial charge in [0.2, 0.25) is 0 Å². The van der Waals surface area contributed by atoms with Crippen LogP contribution in [0.4, 0.5) is 5.82 Å². The first-order valence-electron chi connectivity index (χ1n) is 5.12. The van der Waals surface area contributed by atoms with Gasteiger partial charge in [0, 0.05) is 25.6 Å². The second-order valence-corrected chi connectivity index (χ2v) is 3.39. The van der Waals surface area contributed by atoms with Crippen LogP contribution in [0, 0.1) is 0 Å². The highest BCUT2D eigenvalue weighted by atomic mass is 16.5. The Morgan fingerprint density at radius 3 is 3.25 bits per heavy atom. The van der Waals surface area contributed by atoms with Crippen molar-refractivity contribution in [1.29, 1.82) is 0 Å². The fourth-order valence-corrected chi connectivity index (χ4v) is 1.33. The summed E-state index contributed by atoms with van der Waals surface area (Å²) in [7, 11) is 1.68. The first-order chi connectivity index (χ1) is 7.88. The maximum Gasteiger partial charge on any atom is 0.148 e. The molecule has 16 heavy (non-hydrogen) atoms. The molecule has 2 aromatic rings. The number of nitrogens with zero attached hydrogens (tertiary/aromatic N) is 3. The minimum absolute atomic E-state index is 0.668. The highest BCUT2D eigenvalue weighted by Crippen LogP contribution is 2.04. The highest BCUT2D eigenvalue weighted by Gasteiger charge is 1.99. The summed E-state index contributed by atoms with van der Waals surface area (Å²) in [5, 5.41) is 7.54. The van der Waals surface area contributed by atoms with Crippen LogP contribution in [0.5, 0.6) is 0 Å². The van der Waals surface area contributed by atoms with Crippen LogP contribution >= 0.6 is 0 Å². The van der Waals surface area contributed by atoms with Crippen molar-refractivity contribution in [3.63, 3.8) is 0 Å². The average Bonchev–Trinajstić information content (AvgIpc) is 2.95. The topological polar surface area (TPSA) is 67.8 Å². The van der Waals surface area contributed by atoms with Crippen LogP contribution in [0.3, 0.4) is 0 Å². The standard InChI is InChI=1S/C10H15N5O/c1-16-5-4-15-3-2-10(14-15)12-7-9-6-11-8-13-9/h2-3,6,8H,4-5,7H2,1H3,(H,11,13)(H,12,14). The third kappa shape index (κ3) is 2.83. The molecule has 0 radical (unpaired) electrons. The molecule has 2 heterocycles. The van der Waals surface area contributed by atoms with Gasteiger partial charge in [-0.25, -0.2) is 4.98 Å². The number of aromatic amines is 1. The Kier molecular flexibility index (Phi) is 3.55. The van der Waals surface area contributed by atoms with Crippen molar-refractivity contribution < 1.29 is 4.74 Å². The normalized spacial score (nSPS) is 10.6. The molecule has 0 atom stereocenters. The number of H-pyrrole nitrogens is 1. The Balaban J connectivity index is 1.83. The zero-order valence-electron chi connectivity index (χ0n) is 9.18. The summed E-state index contributed by atoms with van der Waals surface area (Å²) in [5.41, 5.74) is 1.03. The van der Waals surface area contributed by atoms with Gasteiger partial charge in [-0.2, -0.15) is 5.10 Å². The molecule has 6 heteroatoms. The number of nitrogens with one attached hydrogen (secondary N) is 2. The lowest BCUT2D eigenvalue weighted by molar-refractivity contribution is 0.183. The van der Waals surface area contributed by atoms with E-state index in [2.05, 4.69) is 20.4 Å². The molecule has 0 bridgehead atoms. The fourth-order valence-electron chi connectivity index (χ4n) is 1.33. The third-order valence-electron chi connectivity index (χ3n) is 2.18. The number of hydrogen-bond acceptors (Lipinski definition) is 4. The van der Waals surface area contributed by atoms with Crippen LogP contribution < -0.4 is 5.32 Å². The van der Waals surface area contributed by atoms with Gasteiger partial charge in [-0.1, -0.05) is 0 Å². The van der Waals surface area contributed by atoms with E-state index in [-0.39, 0.29) is 0 Å². The van der Waals surface area contributed by atoms with E-state index in [4.69, 9.17) is 4.74 Å². The van der Waals surface area contributed by atoms with Gasteiger partial charge in [0.15, 0.2) is 0 Å². The minimum Gasteiger partial charge on any atom is -0.383 e. The van der Waals surface area contributed by atoms with E-state index >= 15 is 0 Å². The summed E-state index contributed by atoms with van der Waals surface area (Å²) in [6.07, 6.45) is 5.37. The van der Waals surface area contributed by atoms with Gasteiger partial charge in [-0.15, -0.1) is 0 Å². The SMILES string of the molecule is COCCn1ccc(NCc2cnc[nH]2)n1. The van der Waals surface area contributed by atoms with Crippen LogP contribution in [-0.2, 0) is 17.8 Å². The number of anilines is 1. The zero-order chi connectivity index (χ0) is 11.2. The number of ether oxygens (including phenoxy) is 1. The molecule has 0 aromatic carbocycles. The van der Waals surface area contributed by atoms with E-state index in [1.165, 1.54) is 0 Å². The summed E-state index contributed by atoms with van der Waals surface area (Å²) < 4.78 is 6.83. The minimum atomic E-state index is 0.668. The van der Waals surface area contributed by atoms with E-state index < -0.39 is 0 Å². The molecule has 0 fully saturated rings. The van der Waals surface area contributed by atoms with Gasteiger partial charge in [0.25, 0.3) is 0 Å². The highest BCUT2D eigenvalue weighted by molar-refractivity contribution is 5.32. The van der Waals surface area contributed by atoms with E-state index in [0.29, 0.717) is 13.2 Å². The predicted molar refractivity (Wildman–Crippen MR) is 60.0 cm³/mol. The van der Waals surface area contributed by atoms with E-state index in [1.807, 2.05) is 16.9 Å². The Labute approximate surface area is 93.6 Å². The summed E-state index contributed by atoms with van der Waals surface area (Å²) in [6, 6.07) is 1.94. The molecule has 0 amide bonds. The molecule has 0 spiro atoms. The molecular weight excluding hydrogens is 206 g/mol. The molecule has 0 unspecified atom stereocenters. The Morgan fingerprint density at radius 2 is 2.50 bits per heavy atom. The van der Waals surface area contributed by atoms with Crippen molar-refractivity contribution in [3.05, 3.63) is 30.5 Å². The van der Waals surface area contributed by atoms with Crippen molar-refractivity contribution in [2.75, 3.05) is 19.0 Å². The molecule has 2 N–H and O–H groups in total. The van der Waals surface area contributed by atoms with Crippen LogP contribution in [0.15, 0.2) is 24.8 Å². The van der Waals surface area contributed by atoms with Crippen LogP contribution in [-0.4, -0.2) is 33.5 Å². The number of hydrogen-bond donors (Lipinski definition) is 2. The molecule has 0 aliphatic carbocycles. The molecule has 86 valence electrons. The monoisotopic (exact) mass is 221 g/mol. The molecule has 6 nitrogen and oxygen atoms in total. The van der Waals surface area contributed by atoms with Gasteiger partial charge in [-0.05, 0) is 0 Å². The molecule has 0 saturated carbocycles. The smallest absolute Gasteiger partial charge is 0.148 e. The lowest BCUT2D eigenvalue weighted by Gasteiger charge is -2.01. The fraction of sp³-hybridized carbons (Fsp3) is 0.400. The Morgan fingerprint density at radius 1 is 1.56 bits per heavy atom. The van der Waals surface area contributed by atoms with E-state index in [0.717, 1.165) is 18.1 Å². The summed E-state index contributed by atoms with van der Waals surface area (Å²) in [4.78, 5) is 6.96. The molecular formula is C10H15N5O. The lowest BCUT2D eigenvalue weighted by atomic mass is 10.4. The average molecular weight is 221 g/mol. The summed E-state index contributed by atoms with van der Waals surface area (Å²) in [5.74, 6) is 0.853. The third-order valence-corrected chi connectivity index (χ3v) is 2.18. The maximum atomic E-state index is 4.98. The maximum absolute atomic E-state index is 4.98. The van der Waals surface area contributed by atoms with Gasteiger partial charge in [0.1, 0.15) is 5.82 Å². The van der Waals surface area contributed by atoms with E-state index in [1.54, 1.807) is 19.6 Å². The lowest BCUT2D eigenvalue weighted by Crippen LogP contribution is -2.06. The molecule has 2 rings (SSSR count). The molecule has 0 aliphatic rings. The van der Waals surface area contributed by atoms with Crippen molar-refractivity contribution in [1.82, 2.24) is 19.7 Å². The summed E-state index contributed by atoms with van der Waals surface area (Å²) in [6.45, 7) is 2.13. The van der Waals surface area contributed by atoms with E-state index in [9.17, 15) is 0 Å². The number of aromatic nitrogens is 4. The molecule has 2 aromatic heterocycles. The quantitative estimate of drug-likeness (QED) is 0.759. The number of imidazole rings is 1. The Bertz CT molecular complexity index is 409. The second-order valence-electron chi connectivity index (χ2n) is 3.39. The second kappa shape index (κ2) is 5.32. The Hall–Kier alpha value is -1.82. The molecule has 0 aliphatic heterocycles. The first-order valence-corrected chi connectivity index (χ1v) is 5.12. The van der Waals surface area contributed by atoms with Crippen molar-refractivity contribution >= 4 is 5.82 Å². The number of methoxy groups -OCH3 is 1. The van der Waals surface area contributed by atoms with Crippen LogP contribution in [0.25, 0.3) is 0 Å². The van der Waals surface area contributed by atoms with Crippen LogP contribution in [0.1, 0.15) is 5.69 Å². The predicted octanol–water partition coefficient (Wildman–Crippen LogP) is 0.865. The van der Waals surface area contributed by atoms with Crippen molar-refractivity contribution in [2.45, 2.75) is 13.1 Å². The molecule has 0 saturated heterocycles. The van der Waals surface area contributed by atoms with Crippen molar-refractivity contribution in [3.8, 4) is 0 Å². The van der Waals surface area contributed by atoms with Gasteiger partial charge < -0.3 is 15.0 Å². The zero-order valence-corrected chi connectivity index (χ0v) is 9.18. The summed E-state index contributed by atoms with van der Waals surface area (Å²) >= 11 is 0. The van der Waals surface area contributed by atoms with Gasteiger partial charge >= 0.3 is 0 Å². The van der Waals surface area contributed by atoms with Gasteiger partial charge in [-0.3, -0.25) is 4.68 Å².